The van der Waals surface area contributed by atoms with Crippen LogP contribution in [0.5, 0.6) is 11.5 Å². The summed E-state index contributed by atoms with van der Waals surface area (Å²) in [5, 5.41) is 20.9. The van der Waals surface area contributed by atoms with E-state index in [1.807, 2.05) is 6.92 Å². The molecule has 1 aliphatic rings. The molecular weight excluding hydrogens is 425 g/mol. The maximum atomic E-state index is 13.5. The predicted molar refractivity (Wildman–Crippen MR) is 122 cm³/mol. The molecule has 0 spiro atoms. The summed E-state index contributed by atoms with van der Waals surface area (Å²) in [6.07, 6.45) is 0.805. The van der Waals surface area contributed by atoms with E-state index >= 15 is 0 Å². The molecule has 0 saturated carbocycles. The number of hydrogen-bond donors (Lipinski definition) is 2. The average Bonchev–Trinajstić information content (AvgIpc) is 3.09. The van der Waals surface area contributed by atoms with E-state index in [9.17, 15) is 24.2 Å². The molecule has 1 fully saturated rings. The first-order valence-electron chi connectivity index (χ1n) is 10.5. The molecule has 33 heavy (non-hydrogen) atoms. The molecule has 0 aliphatic carbocycles. The van der Waals surface area contributed by atoms with Crippen molar-refractivity contribution in [1.29, 1.82) is 0 Å². The summed E-state index contributed by atoms with van der Waals surface area (Å²) in [7, 11) is 0. The van der Waals surface area contributed by atoms with Crippen LogP contribution in [0.1, 0.15) is 30.5 Å². The van der Waals surface area contributed by atoms with Gasteiger partial charge in [-0.3, -0.25) is 14.5 Å². The van der Waals surface area contributed by atoms with E-state index in [1.54, 1.807) is 36.4 Å². The summed E-state index contributed by atoms with van der Waals surface area (Å²) >= 11 is 0. The van der Waals surface area contributed by atoms with E-state index in [2.05, 4.69) is 0 Å². The zero-order valence-electron chi connectivity index (χ0n) is 17.9. The van der Waals surface area contributed by atoms with Crippen molar-refractivity contribution in [2.75, 3.05) is 11.5 Å². The molecule has 0 aromatic heterocycles. The van der Waals surface area contributed by atoms with Crippen LogP contribution in [0.25, 0.3) is 5.76 Å². The molecule has 1 amide bonds. The SMILES string of the molecule is CCCOc1cccc(/C(O)=C2/C(=O)C(=O)N(c3ccc(F)cc3)C2c2ccc(O)cc2)c1. The molecule has 1 atom stereocenters. The summed E-state index contributed by atoms with van der Waals surface area (Å²) < 4.78 is 19.1. The first-order valence-corrected chi connectivity index (χ1v) is 10.5. The number of carbonyl (C=O) groups is 2. The zero-order valence-corrected chi connectivity index (χ0v) is 17.9. The van der Waals surface area contributed by atoms with Gasteiger partial charge in [0.1, 0.15) is 23.1 Å². The highest BCUT2D eigenvalue weighted by molar-refractivity contribution is 6.51. The fourth-order valence-corrected chi connectivity index (χ4v) is 3.78. The summed E-state index contributed by atoms with van der Waals surface area (Å²) in [5.41, 5.74) is 1.01. The van der Waals surface area contributed by atoms with Crippen molar-refractivity contribution in [3.05, 3.63) is 95.3 Å². The van der Waals surface area contributed by atoms with Crippen LogP contribution in [0.3, 0.4) is 0 Å². The number of amides is 1. The highest BCUT2D eigenvalue weighted by Gasteiger charge is 2.47. The second-order valence-electron chi connectivity index (χ2n) is 7.61. The Morgan fingerprint density at radius 2 is 1.73 bits per heavy atom. The van der Waals surface area contributed by atoms with Gasteiger partial charge < -0.3 is 14.9 Å². The molecule has 168 valence electrons. The van der Waals surface area contributed by atoms with Gasteiger partial charge in [0.25, 0.3) is 11.7 Å². The lowest BCUT2D eigenvalue weighted by Crippen LogP contribution is -2.29. The van der Waals surface area contributed by atoms with Crippen LogP contribution in [-0.2, 0) is 9.59 Å². The van der Waals surface area contributed by atoms with Crippen LogP contribution in [-0.4, -0.2) is 28.5 Å². The normalized spacial score (nSPS) is 17.4. The van der Waals surface area contributed by atoms with Crippen LogP contribution < -0.4 is 9.64 Å². The highest BCUT2D eigenvalue weighted by Crippen LogP contribution is 2.42. The maximum absolute atomic E-state index is 13.5. The van der Waals surface area contributed by atoms with Crippen molar-refractivity contribution >= 4 is 23.1 Å². The maximum Gasteiger partial charge on any atom is 0.300 e. The third-order valence-electron chi connectivity index (χ3n) is 5.34. The van der Waals surface area contributed by atoms with E-state index in [0.29, 0.717) is 29.2 Å². The van der Waals surface area contributed by atoms with Crippen molar-refractivity contribution in [1.82, 2.24) is 0 Å². The Hall–Kier alpha value is -4.13. The second-order valence-corrected chi connectivity index (χ2v) is 7.61. The van der Waals surface area contributed by atoms with Crippen molar-refractivity contribution in [2.24, 2.45) is 0 Å². The Bertz CT molecular complexity index is 1220. The number of ether oxygens (including phenoxy) is 1. The molecule has 3 aromatic rings. The van der Waals surface area contributed by atoms with Crippen LogP contribution in [0.4, 0.5) is 10.1 Å². The number of benzene rings is 3. The Balaban J connectivity index is 1.88. The number of ketones is 1. The molecule has 1 aliphatic heterocycles. The van der Waals surface area contributed by atoms with E-state index in [-0.39, 0.29) is 17.1 Å². The highest BCUT2D eigenvalue weighted by atomic mass is 19.1. The predicted octanol–water partition coefficient (Wildman–Crippen LogP) is 4.95. The first-order chi connectivity index (χ1) is 15.9. The fraction of sp³-hybridized carbons (Fsp3) is 0.154. The number of anilines is 1. The molecule has 0 radical (unpaired) electrons. The molecule has 6 nitrogen and oxygen atoms in total. The number of phenols is 1. The van der Waals surface area contributed by atoms with Crippen LogP contribution in [0, 0.1) is 5.82 Å². The van der Waals surface area contributed by atoms with Gasteiger partial charge in [0, 0.05) is 11.3 Å². The number of aliphatic hydroxyl groups excluding tert-OH is 1. The summed E-state index contributed by atoms with van der Waals surface area (Å²) in [6, 6.07) is 16.8. The van der Waals surface area contributed by atoms with Gasteiger partial charge in [0.2, 0.25) is 0 Å². The Kier molecular flexibility index (Phi) is 6.13. The standard InChI is InChI=1S/C26H22FNO5/c1-2-14-33-21-5-3-4-17(15-21)24(30)22-23(16-6-12-20(29)13-7-16)28(26(32)25(22)31)19-10-8-18(27)9-11-19/h3-13,15,23,29-30H,2,14H2,1H3/b24-22-. The lowest BCUT2D eigenvalue weighted by Gasteiger charge is -2.25. The number of phenolic OH excluding ortho intramolecular Hbond substituents is 1. The zero-order chi connectivity index (χ0) is 23.5. The van der Waals surface area contributed by atoms with Gasteiger partial charge in [-0.05, 0) is 60.5 Å². The third-order valence-corrected chi connectivity index (χ3v) is 5.34. The monoisotopic (exact) mass is 447 g/mol. The number of nitrogens with zero attached hydrogens (tertiary/aromatic N) is 1. The quantitative estimate of drug-likeness (QED) is 0.317. The van der Waals surface area contributed by atoms with E-state index < -0.39 is 23.5 Å². The van der Waals surface area contributed by atoms with Crippen LogP contribution >= 0.6 is 0 Å². The largest absolute Gasteiger partial charge is 0.508 e. The summed E-state index contributed by atoms with van der Waals surface area (Å²) in [6.45, 7) is 2.46. The number of rotatable bonds is 6. The van der Waals surface area contributed by atoms with Crippen molar-refractivity contribution < 1.29 is 28.9 Å². The minimum atomic E-state index is -0.976. The van der Waals surface area contributed by atoms with Gasteiger partial charge in [-0.15, -0.1) is 0 Å². The van der Waals surface area contributed by atoms with Gasteiger partial charge in [-0.1, -0.05) is 31.2 Å². The smallest absolute Gasteiger partial charge is 0.300 e. The van der Waals surface area contributed by atoms with E-state index in [4.69, 9.17) is 4.74 Å². The van der Waals surface area contributed by atoms with Crippen LogP contribution in [0.15, 0.2) is 78.4 Å². The molecule has 2 N–H and O–H groups in total. The molecule has 0 bridgehead atoms. The van der Waals surface area contributed by atoms with Crippen molar-refractivity contribution in [3.8, 4) is 11.5 Å². The molecular formula is C26H22FNO5. The molecule has 3 aromatic carbocycles. The van der Waals surface area contributed by atoms with E-state index in [1.165, 1.54) is 41.3 Å². The number of hydrogen-bond acceptors (Lipinski definition) is 5. The second kappa shape index (κ2) is 9.16. The Morgan fingerprint density at radius 1 is 1.03 bits per heavy atom. The van der Waals surface area contributed by atoms with Gasteiger partial charge in [0.05, 0.1) is 18.2 Å². The minimum Gasteiger partial charge on any atom is -0.508 e. The first kappa shape index (κ1) is 22.1. The van der Waals surface area contributed by atoms with Crippen LogP contribution in [0.2, 0.25) is 0 Å². The molecule has 1 heterocycles. The lowest BCUT2D eigenvalue weighted by atomic mass is 9.95. The van der Waals surface area contributed by atoms with Gasteiger partial charge in [-0.2, -0.15) is 0 Å². The third kappa shape index (κ3) is 4.30. The topological polar surface area (TPSA) is 87.1 Å². The number of aromatic hydroxyl groups is 1. The van der Waals surface area contributed by atoms with E-state index in [0.717, 1.165) is 6.42 Å². The summed E-state index contributed by atoms with van der Waals surface area (Å²) in [4.78, 5) is 27.4. The Morgan fingerprint density at radius 3 is 2.39 bits per heavy atom. The average molecular weight is 447 g/mol. The number of aliphatic hydroxyl groups is 1. The number of carbonyl (C=O) groups excluding carboxylic acids is 2. The lowest BCUT2D eigenvalue weighted by molar-refractivity contribution is -0.132. The Labute approximate surface area is 190 Å². The van der Waals surface area contributed by atoms with Crippen molar-refractivity contribution in [3.63, 3.8) is 0 Å². The molecule has 1 unspecified atom stereocenters. The fourth-order valence-electron chi connectivity index (χ4n) is 3.78. The minimum absolute atomic E-state index is 0.0123. The van der Waals surface area contributed by atoms with Gasteiger partial charge in [0.15, 0.2) is 0 Å². The van der Waals surface area contributed by atoms with Gasteiger partial charge in [-0.25, -0.2) is 4.39 Å². The molecule has 1 saturated heterocycles. The van der Waals surface area contributed by atoms with Gasteiger partial charge >= 0.3 is 0 Å². The van der Waals surface area contributed by atoms with Crippen molar-refractivity contribution in [2.45, 2.75) is 19.4 Å². The number of Topliss-reactive ketones (excluding diaryl/α,β-unsaturated/α-hetero) is 1. The number of halogens is 1. The molecule has 4 rings (SSSR count). The molecule has 7 heteroatoms. The summed E-state index contributed by atoms with van der Waals surface area (Å²) in [5.74, 6) is -2.01.